The molecule has 1 aliphatic carbocycles. The van der Waals surface area contributed by atoms with E-state index in [2.05, 4.69) is 22.4 Å². The second kappa shape index (κ2) is 10.5. The lowest BCUT2D eigenvalue weighted by atomic mass is 9.96. The van der Waals surface area contributed by atoms with E-state index in [1.54, 1.807) is 13.2 Å². The number of aryl methyl sites for hydroxylation is 1. The number of carbonyl (C=O) groups is 1. The van der Waals surface area contributed by atoms with E-state index in [9.17, 15) is 15.3 Å². The van der Waals surface area contributed by atoms with Gasteiger partial charge in [-0.25, -0.2) is 4.98 Å². The normalized spacial score (nSPS) is 12.3. The van der Waals surface area contributed by atoms with Gasteiger partial charge in [-0.05, 0) is 67.6 Å². The zero-order valence-corrected chi connectivity index (χ0v) is 19.8. The number of anilines is 1. The highest BCUT2D eigenvalue weighted by molar-refractivity contribution is 7.99. The first kappa shape index (κ1) is 22.8. The second-order valence-electron chi connectivity index (χ2n) is 7.56. The number of amides is 1. The molecule has 0 bridgehead atoms. The third-order valence-electron chi connectivity index (χ3n) is 5.47. The van der Waals surface area contributed by atoms with Gasteiger partial charge in [0.05, 0.1) is 23.9 Å². The first-order chi connectivity index (χ1) is 16.1. The van der Waals surface area contributed by atoms with Crippen LogP contribution in [0.1, 0.15) is 40.8 Å². The topological polar surface area (TPSA) is 98.8 Å². The maximum atomic E-state index is 12.6. The Labute approximate surface area is 201 Å². The standard InChI is InChI=1S/C25H22N4O2S2/c1-31-18-9-6-16(7-10-18)21-11-8-17(14-26)24(28-21)32-13-12-23(30)29-25-20(15-27)19-4-2-3-5-22(19)33-25/h6-11H,2-5,12-13H2,1H3,(H,29,30). The van der Waals surface area contributed by atoms with Crippen molar-refractivity contribution in [1.29, 1.82) is 10.5 Å². The van der Waals surface area contributed by atoms with E-state index in [1.807, 2.05) is 30.3 Å². The number of aromatic nitrogens is 1. The van der Waals surface area contributed by atoms with Crippen molar-refractivity contribution in [3.05, 3.63) is 58.0 Å². The molecule has 166 valence electrons. The summed E-state index contributed by atoms with van der Waals surface area (Å²) >= 11 is 2.91. The Morgan fingerprint density at radius 2 is 1.94 bits per heavy atom. The molecule has 33 heavy (non-hydrogen) atoms. The van der Waals surface area contributed by atoms with E-state index >= 15 is 0 Å². The van der Waals surface area contributed by atoms with Crippen molar-refractivity contribution in [2.45, 2.75) is 37.1 Å². The van der Waals surface area contributed by atoms with Crippen LogP contribution in [-0.4, -0.2) is 23.8 Å². The average Bonchev–Trinajstić information content (AvgIpc) is 3.20. The number of hydrogen-bond acceptors (Lipinski definition) is 7. The van der Waals surface area contributed by atoms with E-state index in [0.29, 0.717) is 26.9 Å². The maximum absolute atomic E-state index is 12.6. The van der Waals surface area contributed by atoms with E-state index in [-0.39, 0.29) is 12.3 Å². The minimum atomic E-state index is -0.137. The Balaban J connectivity index is 1.41. The fraction of sp³-hybridized carbons (Fsp3) is 0.280. The second-order valence-corrected chi connectivity index (χ2v) is 9.75. The molecular weight excluding hydrogens is 452 g/mol. The van der Waals surface area contributed by atoms with Gasteiger partial charge >= 0.3 is 0 Å². The van der Waals surface area contributed by atoms with Gasteiger partial charge < -0.3 is 10.1 Å². The van der Waals surface area contributed by atoms with Crippen LogP contribution in [0.5, 0.6) is 5.75 Å². The third kappa shape index (κ3) is 5.19. The summed E-state index contributed by atoms with van der Waals surface area (Å²) in [6, 6.07) is 15.6. The summed E-state index contributed by atoms with van der Waals surface area (Å²) in [7, 11) is 1.62. The fourth-order valence-electron chi connectivity index (χ4n) is 3.76. The van der Waals surface area contributed by atoms with Gasteiger partial charge in [-0.2, -0.15) is 10.5 Å². The van der Waals surface area contributed by atoms with Crippen molar-refractivity contribution in [3.8, 4) is 29.1 Å². The molecule has 0 radical (unpaired) electrons. The number of carbonyl (C=O) groups excluding carboxylic acids is 1. The van der Waals surface area contributed by atoms with Crippen LogP contribution in [0.3, 0.4) is 0 Å². The molecule has 3 aromatic rings. The average molecular weight is 475 g/mol. The Bertz CT molecular complexity index is 1250. The molecule has 2 aromatic heterocycles. The summed E-state index contributed by atoms with van der Waals surface area (Å²) in [6.07, 6.45) is 4.37. The number of hydrogen-bond donors (Lipinski definition) is 1. The molecule has 0 fully saturated rings. The highest BCUT2D eigenvalue weighted by Gasteiger charge is 2.21. The van der Waals surface area contributed by atoms with Gasteiger partial charge in [0.1, 0.15) is 27.9 Å². The van der Waals surface area contributed by atoms with Gasteiger partial charge in [-0.1, -0.05) is 0 Å². The molecule has 0 unspecified atom stereocenters. The molecule has 0 spiro atoms. The van der Waals surface area contributed by atoms with Crippen LogP contribution < -0.4 is 10.1 Å². The summed E-state index contributed by atoms with van der Waals surface area (Å²) in [6.45, 7) is 0. The molecule has 8 heteroatoms. The number of methoxy groups -OCH3 is 1. The van der Waals surface area contributed by atoms with Crippen molar-refractivity contribution in [2.24, 2.45) is 0 Å². The smallest absolute Gasteiger partial charge is 0.225 e. The molecule has 1 N–H and O–H groups in total. The van der Waals surface area contributed by atoms with E-state index < -0.39 is 0 Å². The van der Waals surface area contributed by atoms with Crippen molar-refractivity contribution in [1.82, 2.24) is 4.98 Å². The Morgan fingerprint density at radius 3 is 2.67 bits per heavy atom. The Hall–Kier alpha value is -3.33. The number of fused-ring (bicyclic) bond motifs is 1. The summed E-state index contributed by atoms with van der Waals surface area (Å²) < 4.78 is 5.20. The Morgan fingerprint density at radius 1 is 1.15 bits per heavy atom. The fourth-order valence-corrected chi connectivity index (χ4v) is 5.93. The highest BCUT2D eigenvalue weighted by atomic mass is 32.2. The molecule has 4 rings (SSSR count). The summed E-state index contributed by atoms with van der Waals surface area (Å²) in [5.74, 6) is 1.11. The monoisotopic (exact) mass is 474 g/mol. The minimum Gasteiger partial charge on any atom is -0.497 e. The predicted octanol–water partition coefficient (Wildman–Crippen LogP) is 5.56. The van der Waals surface area contributed by atoms with Gasteiger partial charge in [-0.3, -0.25) is 4.79 Å². The predicted molar refractivity (Wildman–Crippen MR) is 131 cm³/mol. The molecule has 0 aliphatic heterocycles. The van der Waals surface area contributed by atoms with Crippen LogP contribution in [0.2, 0.25) is 0 Å². The molecule has 0 saturated carbocycles. The summed E-state index contributed by atoms with van der Waals surface area (Å²) in [5.41, 5.74) is 3.89. The molecule has 0 saturated heterocycles. The number of nitrogens with one attached hydrogen (secondary N) is 1. The van der Waals surface area contributed by atoms with Gasteiger partial charge in [-0.15, -0.1) is 23.1 Å². The lowest BCUT2D eigenvalue weighted by molar-refractivity contribution is -0.115. The number of rotatable bonds is 7. The zero-order valence-electron chi connectivity index (χ0n) is 18.2. The van der Waals surface area contributed by atoms with Gasteiger partial charge in [0.25, 0.3) is 0 Å². The SMILES string of the molecule is COc1ccc(-c2ccc(C#N)c(SCCC(=O)Nc3sc4c(c3C#N)CCCC4)n2)cc1. The quantitative estimate of drug-likeness (QED) is 0.450. The van der Waals surface area contributed by atoms with Crippen molar-refractivity contribution < 1.29 is 9.53 Å². The number of pyridine rings is 1. The molecule has 6 nitrogen and oxygen atoms in total. The van der Waals surface area contributed by atoms with E-state index in [0.717, 1.165) is 48.3 Å². The molecule has 0 atom stereocenters. The lowest BCUT2D eigenvalue weighted by Gasteiger charge is -2.09. The van der Waals surface area contributed by atoms with Gasteiger partial charge in [0.2, 0.25) is 5.91 Å². The molecule has 2 heterocycles. The molecular formula is C25H22N4O2S2. The first-order valence-electron chi connectivity index (χ1n) is 10.7. The van der Waals surface area contributed by atoms with Crippen LogP contribution in [0.25, 0.3) is 11.3 Å². The first-order valence-corrected chi connectivity index (χ1v) is 12.5. The minimum absolute atomic E-state index is 0.137. The summed E-state index contributed by atoms with van der Waals surface area (Å²) in [5, 5.41) is 23.2. The zero-order chi connectivity index (χ0) is 23.2. The number of nitrogens with zero attached hydrogens (tertiary/aromatic N) is 3. The number of nitriles is 2. The van der Waals surface area contributed by atoms with E-state index in [1.165, 1.54) is 28.0 Å². The molecule has 1 aliphatic rings. The van der Waals surface area contributed by atoms with Crippen molar-refractivity contribution in [2.75, 3.05) is 18.2 Å². The third-order valence-corrected chi connectivity index (χ3v) is 7.67. The number of thioether (sulfide) groups is 1. The van der Waals surface area contributed by atoms with Crippen LogP contribution in [-0.2, 0) is 17.6 Å². The van der Waals surface area contributed by atoms with Crippen LogP contribution >= 0.6 is 23.1 Å². The number of benzene rings is 1. The van der Waals surface area contributed by atoms with Crippen molar-refractivity contribution >= 4 is 34.0 Å². The number of thiophene rings is 1. The van der Waals surface area contributed by atoms with Gasteiger partial charge in [0.15, 0.2) is 0 Å². The largest absolute Gasteiger partial charge is 0.497 e. The maximum Gasteiger partial charge on any atom is 0.225 e. The molecule has 1 amide bonds. The highest BCUT2D eigenvalue weighted by Crippen LogP contribution is 2.37. The van der Waals surface area contributed by atoms with Crippen LogP contribution in [0, 0.1) is 22.7 Å². The van der Waals surface area contributed by atoms with Crippen LogP contribution in [0.4, 0.5) is 5.00 Å². The lowest BCUT2D eigenvalue weighted by Crippen LogP contribution is -2.12. The number of ether oxygens (including phenoxy) is 1. The Kier molecular flexibility index (Phi) is 7.29. The van der Waals surface area contributed by atoms with Crippen LogP contribution in [0.15, 0.2) is 41.4 Å². The van der Waals surface area contributed by atoms with Crippen molar-refractivity contribution in [3.63, 3.8) is 0 Å². The van der Waals surface area contributed by atoms with E-state index in [4.69, 9.17) is 4.74 Å². The van der Waals surface area contributed by atoms with Gasteiger partial charge in [0, 0.05) is 22.6 Å². The molecule has 1 aromatic carbocycles. The summed E-state index contributed by atoms with van der Waals surface area (Å²) in [4.78, 5) is 18.4.